The van der Waals surface area contributed by atoms with E-state index in [1.807, 2.05) is 76.6 Å². The van der Waals surface area contributed by atoms with Gasteiger partial charge in [-0.05, 0) is 23.4 Å². The number of hydrogen-bond donors (Lipinski definition) is 1. The van der Waals surface area contributed by atoms with E-state index < -0.39 is 0 Å². The minimum atomic E-state index is -0.334. The summed E-state index contributed by atoms with van der Waals surface area (Å²) in [7, 11) is 0. The minimum Gasteiger partial charge on any atom is -0.354 e. The molecule has 0 radical (unpaired) electrons. The third-order valence-electron chi connectivity index (χ3n) is 5.32. The van der Waals surface area contributed by atoms with E-state index in [0.717, 1.165) is 39.2 Å². The standard InChI is InChI=1S/C25H20N4O3S2/c30-22(14-19-16-33-24-27-20(15-29(19)24)18-9-5-2-6-10-18)26-11-12-28-23(31)21(34-25(28)32)13-17-7-3-1-4-8-17/h1-10,13,15-16H,11-12,14H2,(H,26,30)/b21-13-. The van der Waals surface area contributed by atoms with Gasteiger partial charge in [-0.3, -0.25) is 23.7 Å². The number of hydrogen-bond acceptors (Lipinski definition) is 6. The fraction of sp³-hybridized carbons (Fsp3) is 0.120. The fourth-order valence-corrected chi connectivity index (χ4v) is 5.37. The van der Waals surface area contributed by atoms with Gasteiger partial charge in [0.2, 0.25) is 5.91 Å². The maximum atomic E-state index is 12.6. The number of aromatic nitrogens is 2. The number of thiazole rings is 1. The number of rotatable bonds is 7. The Morgan fingerprint density at radius 1 is 1.03 bits per heavy atom. The number of nitrogens with zero attached hydrogens (tertiary/aromatic N) is 3. The van der Waals surface area contributed by atoms with E-state index >= 15 is 0 Å². The van der Waals surface area contributed by atoms with Crippen molar-refractivity contribution in [1.82, 2.24) is 19.6 Å². The Morgan fingerprint density at radius 3 is 2.53 bits per heavy atom. The maximum Gasteiger partial charge on any atom is 0.293 e. The highest BCUT2D eigenvalue weighted by Gasteiger charge is 2.34. The number of imidazole rings is 1. The van der Waals surface area contributed by atoms with Gasteiger partial charge >= 0.3 is 0 Å². The molecule has 1 aliphatic rings. The quantitative estimate of drug-likeness (QED) is 0.389. The average Bonchev–Trinajstić information content (AvgIpc) is 3.51. The van der Waals surface area contributed by atoms with E-state index in [1.54, 1.807) is 6.08 Å². The number of thioether (sulfide) groups is 1. The van der Waals surface area contributed by atoms with Crippen LogP contribution in [0.4, 0.5) is 4.79 Å². The van der Waals surface area contributed by atoms with Crippen LogP contribution in [-0.2, 0) is 16.0 Å². The van der Waals surface area contributed by atoms with Crippen molar-refractivity contribution >= 4 is 51.2 Å². The van der Waals surface area contributed by atoms with Gasteiger partial charge < -0.3 is 5.32 Å². The highest BCUT2D eigenvalue weighted by atomic mass is 32.2. The van der Waals surface area contributed by atoms with Gasteiger partial charge in [-0.15, -0.1) is 11.3 Å². The third kappa shape index (κ3) is 4.66. The number of fused-ring (bicyclic) bond motifs is 1. The summed E-state index contributed by atoms with van der Waals surface area (Å²) in [5, 5.41) is 4.41. The molecule has 2 aromatic carbocycles. The second-order valence-corrected chi connectivity index (χ2v) is 9.47. The molecule has 0 spiro atoms. The van der Waals surface area contributed by atoms with Crippen molar-refractivity contribution in [1.29, 1.82) is 0 Å². The molecule has 1 fully saturated rings. The SMILES string of the molecule is O=C(Cc1csc2nc(-c3ccccc3)cn12)NCCN1C(=O)S/C(=C\c2ccccc2)C1=O. The highest BCUT2D eigenvalue weighted by Crippen LogP contribution is 2.31. The van der Waals surface area contributed by atoms with Crippen LogP contribution < -0.4 is 5.32 Å². The van der Waals surface area contributed by atoms with Crippen molar-refractivity contribution in [3.8, 4) is 11.3 Å². The van der Waals surface area contributed by atoms with Crippen molar-refractivity contribution in [2.24, 2.45) is 0 Å². The summed E-state index contributed by atoms with van der Waals surface area (Å²) in [6.07, 6.45) is 3.82. The Morgan fingerprint density at radius 2 is 1.76 bits per heavy atom. The van der Waals surface area contributed by atoms with Gasteiger partial charge in [0.25, 0.3) is 11.1 Å². The van der Waals surface area contributed by atoms with Crippen molar-refractivity contribution in [3.05, 3.63) is 88.4 Å². The lowest BCUT2D eigenvalue weighted by molar-refractivity contribution is -0.124. The van der Waals surface area contributed by atoms with Gasteiger partial charge in [-0.25, -0.2) is 4.98 Å². The third-order valence-corrected chi connectivity index (χ3v) is 7.12. The zero-order valence-corrected chi connectivity index (χ0v) is 19.6. The van der Waals surface area contributed by atoms with Crippen LogP contribution >= 0.6 is 23.1 Å². The number of carbonyl (C=O) groups excluding carboxylic acids is 3. The zero-order chi connectivity index (χ0) is 23.5. The largest absolute Gasteiger partial charge is 0.354 e. The number of benzene rings is 2. The molecule has 5 rings (SSSR count). The molecule has 1 saturated heterocycles. The fourth-order valence-electron chi connectivity index (χ4n) is 3.63. The zero-order valence-electron chi connectivity index (χ0n) is 18.0. The second kappa shape index (κ2) is 9.66. The van der Waals surface area contributed by atoms with Crippen LogP contribution in [0.15, 0.2) is 77.1 Å². The smallest absolute Gasteiger partial charge is 0.293 e. The Labute approximate surface area is 204 Å². The van der Waals surface area contributed by atoms with Crippen LogP contribution in [0.3, 0.4) is 0 Å². The number of nitrogens with one attached hydrogen (secondary N) is 1. The molecule has 3 amide bonds. The summed E-state index contributed by atoms with van der Waals surface area (Å²) in [5.41, 5.74) is 3.58. The molecule has 0 atom stereocenters. The minimum absolute atomic E-state index is 0.130. The van der Waals surface area contributed by atoms with Crippen molar-refractivity contribution < 1.29 is 14.4 Å². The lowest BCUT2D eigenvalue weighted by Gasteiger charge is -2.12. The monoisotopic (exact) mass is 488 g/mol. The first kappa shape index (κ1) is 22.1. The number of amides is 3. The molecule has 1 aliphatic heterocycles. The van der Waals surface area contributed by atoms with Crippen molar-refractivity contribution in [2.45, 2.75) is 6.42 Å². The van der Waals surface area contributed by atoms with Gasteiger partial charge in [0.1, 0.15) is 0 Å². The predicted molar refractivity (Wildman–Crippen MR) is 134 cm³/mol. The first-order valence-electron chi connectivity index (χ1n) is 10.7. The molecule has 2 aromatic heterocycles. The first-order chi connectivity index (χ1) is 16.6. The topological polar surface area (TPSA) is 83.8 Å². The summed E-state index contributed by atoms with van der Waals surface area (Å²) in [6, 6.07) is 19.3. The Kier molecular flexibility index (Phi) is 6.29. The molecule has 0 aliphatic carbocycles. The predicted octanol–water partition coefficient (Wildman–Crippen LogP) is 4.46. The highest BCUT2D eigenvalue weighted by molar-refractivity contribution is 8.18. The van der Waals surface area contributed by atoms with E-state index in [9.17, 15) is 14.4 Å². The summed E-state index contributed by atoms with van der Waals surface area (Å²) >= 11 is 2.40. The first-order valence-corrected chi connectivity index (χ1v) is 12.4. The Balaban J connectivity index is 1.17. The molecule has 1 N–H and O–H groups in total. The summed E-state index contributed by atoms with van der Waals surface area (Å²) < 4.78 is 1.93. The maximum absolute atomic E-state index is 12.6. The number of imide groups is 1. The molecule has 9 heteroatoms. The lowest BCUT2D eigenvalue weighted by Crippen LogP contribution is -2.37. The van der Waals surface area contributed by atoms with Crippen molar-refractivity contribution in [2.75, 3.05) is 13.1 Å². The second-order valence-electron chi connectivity index (χ2n) is 7.64. The van der Waals surface area contributed by atoms with Crippen LogP contribution in [0.2, 0.25) is 0 Å². The van der Waals surface area contributed by atoms with Crippen LogP contribution in [0.1, 0.15) is 11.3 Å². The number of carbonyl (C=O) groups is 3. The molecule has 170 valence electrons. The van der Waals surface area contributed by atoms with Crippen LogP contribution in [-0.4, -0.2) is 44.4 Å². The molecule has 3 heterocycles. The lowest BCUT2D eigenvalue weighted by atomic mass is 10.2. The van der Waals surface area contributed by atoms with Gasteiger partial charge in [0.05, 0.1) is 17.0 Å². The van der Waals surface area contributed by atoms with Gasteiger partial charge in [-0.2, -0.15) is 0 Å². The van der Waals surface area contributed by atoms with Gasteiger partial charge in [-0.1, -0.05) is 60.7 Å². The molecule has 34 heavy (non-hydrogen) atoms. The molecular formula is C25H20N4O3S2. The van der Waals surface area contributed by atoms with Crippen molar-refractivity contribution in [3.63, 3.8) is 0 Å². The normalized spacial score (nSPS) is 14.9. The van der Waals surface area contributed by atoms with Gasteiger partial charge in [0, 0.05) is 35.9 Å². The molecule has 0 bridgehead atoms. The Hall–Kier alpha value is -3.69. The van der Waals surface area contributed by atoms with E-state index in [-0.39, 0.29) is 36.6 Å². The Bertz CT molecular complexity index is 1390. The molecule has 4 aromatic rings. The summed E-state index contributed by atoms with van der Waals surface area (Å²) in [5.74, 6) is -0.513. The van der Waals surface area contributed by atoms with Gasteiger partial charge in [0.15, 0.2) is 4.96 Å². The van der Waals surface area contributed by atoms with Crippen LogP contribution in [0, 0.1) is 0 Å². The van der Waals surface area contributed by atoms with Crippen LogP contribution in [0.25, 0.3) is 22.3 Å². The van der Waals surface area contributed by atoms with E-state index in [0.29, 0.717) is 4.91 Å². The summed E-state index contributed by atoms with van der Waals surface area (Å²) in [4.78, 5) is 44.5. The molecule has 0 saturated carbocycles. The van der Waals surface area contributed by atoms with Crippen LogP contribution in [0.5, 0.6) is 0 Å². The van der Waals surface area contributed by atoms with E-state index in [1.165, 1.54) is 16.2 Å². The summed E-state index contributed by atoms with van der Waals surface area (Å²) in [6.45, 7) is 0.326. The average molecular weight is 489 g/mol. The molecule has 7 nitrogen and oxygen atoms in total. The van der Waals surface area contributed by atoms with E-state index in [2.05, 4.69) is 10.3 Å². The molecular weight excluding hydrogens is 468 g/mol. The molecule has 0 unspecified atom stereocenters. The van der Waals surface area contributed by atoms with E-state index in [4.69, 9.17) is 0 Å².